The van der Waals surface area contributed by atoms with Crippen molar-refractivity contribution in [1.82, 2.24) is 14.8 Å². The lowest BCUT2D eigenvalue weighted by atomic mass is 9.74. The largest absolute Gasteiger partial charge is 0.455 e. The molecule has 0 radical (unpaired) electrons. The second-order valence-corrected chi connectivity index (χ2v) is 16.6. The number of aromatic nitrogens is 1. The number of para-hydroxylation sites is 1. The Bertz CT molecular complexity index is 1870. The first kappa shape index (κ1) is 40.8. The number of aliphatic hydroxyl groups excluding tert-OH is 1. The lowest BCUT2D eigenvalue weighted by Crippen LogP contribution is -2.59. The van der Waals surface area contributed by atoms with E-state index in [9.17, 15) is 14.7 Å². The van der Waals surface area contributed by atoms with E-state index in [0.29, 0.717) is 31.5 Å². The van der Waals surface area contributed by atoms with Crippen molar-refractivity contribution in [3.63, 3.8) is 0 Å². The molecule has 6 rings (SSSR count). The third-order valence-electron chi connectivity index (χ3n) is 12.1. The van der Waals surface area contributed by atoms with Crippen LogP contribution in [-0.4, -0.2) is 125 Å². The molecule has 0 saturated carbocycles. The second kappa shape index (κ2) is 16.3. The number of likely N-dealkylation sites (N-methyl/N-ethyl adjacent to an activating group) is 1. The zero-order valence-electron chi connectivity index (χ0n) is 33.9. The first-order valence-electron chi connectivity index (χ1n) is 19.6. The molecule has 2 saturated heterocycles. The Hall–Kier alpha value is -3.86. The number of aliphatic hydroxyl groups is 1. The standard InChI is InChI=1S/C43H58N4O8/c1-25-20-26(2)39(49)53-30(6)43(8)37-29(5)35(44-17-18-47(37)41(50)55-43)27(3)23-42(7,38(25)54-40-36(48)34(46(9)10)21-28(4)52-40)51-19-13-14-31-22-32-15-11-12-16-33(32)45-24-31/h11-12,15-16,20,22,24-25,27-30,34,36-38,40,48H,17-19,21,23H2,1-10H3/b26-20+/t25-,27+,28-,29-,30+,34+,36?,37+,38+,40+,42-,43+/m0/s1. The van der Waals surface area contributed by atoms with E-state index in [0.717, 1.165) is 22.2 Å². The highest BCUT2D eigenvalue weighted by atomic mass is 16.7. The van der Waals surface area contributed by atoms with Gasteiger partial charge in [0.15, 0.2) is 11.9 Å². The van der Waals surface area contributed by atoms with E-state index in [1.807, 2.05) is 83.1 Å². The van der Waals surface area contributed by atoms with Gasteiger partial charge in [-0.3, -0.25) is 14.9 Å². The van der Waals surface area contributed by atoms with E-state index in [4.69, 9.17) is 28.7 Å². The van der Waals surface area contributed by atoms with Crippen molar-refractivity contribution >= 4 is 28.7 Å². The molecular weight excluding hydrogens is 700 g/mol. The Morgan fingerprint density at radius 2 is 1.85 bits per heavy atom. The van der Waals surface area contributed by atoms with Gasteiger partial charge in [-0.15, -0.1) is 0 Å². The molecule has 2 fully saturated rings. The Morgan fingerprint density at radius 3 is 2.60 bits per heavy atom. The first-order valence-corrected chi connectivity index (χ1v) is 19.6. The summed E-state index contributed by atoms with van der Waals surface area (Å²) in [6, 6.07) is 9.29. The van der Waals surface area contributed by atoms with Gasteiger partial charge in [-0.25, -0.2) is 9.59 Å². The number of hydrogen-bond acceptors (Lipinski definition) is 11. The highest BCUT2D eigenvalue weighted by Gasteiger charge is 2.59. The monoisotopic (exact) mass is 758 g/mol. The first-order chi connectivity index (χ1) is 26.0. The van der Waals surface area contributed by atoms with Gasteiger partial charge in [-0.05, 0) is 79.6 Å². The number of esters is 1. The summed E-state index contributed by atoms with van der Waals surface area (Å²) in [4.78, 5) is 40.5. The highest BCUT2D eigenvalue weighted by Crippen LogP contribution is 2.43. The minimum absolute atomic E-state index is 0.0640. The van der Waals surface area contributed by atoms with Crippen LogP contribution in [0.25, 0.3) is 10.9 Å². The number of benzene rings is 1. The third-order valence-corrected chi connectivity index (χ3v) is 12.1. The van der Waals surface area contributed by atoms with Crippen LogP contribution >= 0.6 is 0 Å². The average molecular weight is 759 g/mol. The average Bonchev–Trinajstić information content (AvgIpc) is 3.26. The van der Waals surface area contributed by atoms with E-state index >= 15 is 0 Å². The van der Waals surface area contributed by atoms with Crippen molar-refractivity contribution in [3.8, 4) is 11.8 Å². The molecule has 4 aliphatic rings. The van der Waals surface area contributed by atoms with Gasteiger partial charge in [0.2, 0.25) is 0 Å². The quantitative estimate of drug-likeness (QED) is 0.313. The van der Waals surface area contributed by atoms with Crippen LogP contribution in [0.3, 0.4) is 0 Å². The van der Waals surface area contributed by atoms with E-state index in [2.05, 4.69) is 30.7 Å². The smallest absolute Gasteiger partial charge is 0.410 e. The molecular formula is C43H58N4O8. The van der Waals surface area contributed by atoms with Crippen molar-refractivity contribution in [3.05, 3.63) is 53.7 Å². The number of nitrogens with zero attached hydrogens (tertiary/aromatic N) is 4. The predicted octanol–water partition coefficient (Wildman–Crippen LogP) is 5.40. The summed E-state index contributed by atoms with van der Waals surface area (Å²) in [5.74, 6) is 5.10. The number of carbonyl (C=O) groups excluding carboxylic acids is 2. The molecule has 0 spiro atoms. The Balaban J connectivity index is 1.41. The maximum absolute atomic E-state index is 13.8. The summed E-state index contributed by atoms with van der Waals surface area (Å²) in [5.41, 5.74) is 0.791. The minimum Gasteiger partial charge on any atom is -0.455 e. The fourth-order valence-electron chi connectivity index (χ4n) is 9.24. The van der Waals surface area contributed by atoms with Crippen molar-refractivity contribution in [2.24, 2.45) is 22.7 Å². The van der Waals surface area contributed by atoms with Gasteiger partial charge < -0.3 is 33.7 Å². The van der Waals surface area contributed by atoms with Gasteiger partial charge in [0, 0.05) is 52.9 Å². The molecule has 1 N–H and O–H groups in total. The van der Waals surface area contributed by atoms with Gasteiger partial charge in [0.25, 0.3) is 0 Å². The number of carbonyl (C=O) groups is 2. The van der Waals surface area contributed by atoms with Gasteiger partial charge in [0.05, 0.1) is 35.9 Å². The van der Waals surface area contributed by atoms with Gasteiger partial charge in [0.1, 0.15) is 18.8 Å². The number of cyclic esters (lactones) is 1. The van der Waals surface area contributed by atoms with Crippen LogP contribution in [-0.2, 0) is 28.5 Å². The summed E-state index contributed by atoms with van der Waals surface area (Å²) in [7, 11) is 3.88. The molecule has 2 aromatic rings. The maximum atomic E-state index is 13.8. The molecule has 1 aromatic heterocycles. The molecule has 12 nitrogen and oxygen atoms in total. The number of amides is 1. The lowest BCUT2D eigenvalue weighted by Gasteiger charge is -2.47. The maximum Gasteiger partial charge on any atom is 0.410 e. The van der Waals surface area contributed by atoms with Gasteiger partial charge in [-0.2, -0.15) is 0 Å². The Labute approximate surface area is 325 Å². The normalized spacial score (nSPS) is 38.1. The van der Waals surface area contributed by atoms with Crippen molar-refractivity contribution in [2.75, 3.05) is 33.8 Å². The number of hydrogen-bond donors (Lipinski definition) is 1. The molecule has 5 heterocycles. The molecule has 12 heteroatoms. The van der Waals surface area contributed by atoms with Crippen LogP contribution in [0.5, 0.6) is 0 Å². The Morgan fingerprint density at radius 1 is 1.11 bits per heavy atom. The van der Waals surface area contributed by atoms with Gasteiger partial charge >= 0.3 is 12.1 Å². The van der Waals surface area contributed by atoms with Crippen LogP contribution in [0.4, 0.5) is 4.79 Å². The van der Waals surface area contributed by atoms with Crippen molar-refractivity contribution in [2.45, 2.75) is 122 Å². The number of fused-ring (bicyclic) bond motifs is 2. The van der Waals surface area contributed by atoms with Gasteiger partial charge in [-0.1, -0.05) is 56.9 Å². The van der Waals surface area contributed by atoms with Crippen LogP contribution in [0.2, 0.25) is 0 Å². The molecule has 1 unspecified atom stereocenters. The molecule has 55 heavy (non-hydrogen) atoms. The number of rotatable bonds is 5. The number of pyridine rings is 1. The molecule has 1 amide bonds. The van der Waals surface area contributed by atoms with Crippen LogP contribution in [0.1, 0.15) is 73.8 Å². The SMILES string of the molecule is C/C1=C\[C@H](C)[C@@H](O[C@H]2O[C@@H](C)C[C@@H](N(C)C)C2O)[C@@](C)(OCC#Cc2cnc3ccccc3c2)C[C@@H](C)C2=NCCN3C(=O)O[C@](C)([C@@H](C)OC1=O)[C@H]3[C@H]2C. The third kappa shape index (κ3) is 8.33. The summed E-state index contributed by atoms with van der Waals surface area (Å²) in [6.45, 7) is 16.3. The fourth-order valence-corrected chi connectivity index (χ4v) is 9.24. The topological polar surface area (TPSA) is 132 Å². The fraction of sp³-hybridized carbons (Fsp3) is 0.628. The number of aliphatic imine (C=N–C) groups is 1. The minimum atomic E-state index is -1.11. The van der Waals surface area contributed by atoms with Crippen LogP contribution < -0.4 is 0 Å². The summed E-state index contributed by atoms with van der Waals surface area (Å²) in [5, 5.41) is 12.6. The van der Waals surface area contributed by atoms with Crippen molar-refractivity contribution < 1.29 is 38.4 Å². The van der Waals surface area contributed by atoms with Crippen LogP contribution in [0.15, 0.2) is 53.2 Å². The summed E-state index contributed by atoms with van der Waals surface area (Å²) < 4.78 is 32.3. The zero-order chi connectivity index (χ0) is 39.8. The predicted molar refractivity (Wildman–Crippen MR) is 209 cm³/mol. The molecule has 0 aliphatic carbocycles. The summed E-state index contributed by atoms with van der Waals surface area (Å²) in [6.07, 6.45) is 0.675. The zero-order valence-corrected chi connectivity index (χ0v) is 33.9. The highest BCUT2D eigenvalue weighted by molar-refractivity contribution is 5.91. The molecule has 4 aliphatic heterocycles. The molecule has 298 valence electrons. The molecule has 1 aromatic carbocycles. The van der Waals surface area contributed by atoms with E-state index < -0.39 is 59.8 Å². The molecule has 2 bridgehead atoms. The summed E-state index contributed by atoms with van der Waals surface area (Å²) >= 11 is 0. The number of ether oxygens (including phenoxy) is 5. The van der Waals surface area contributed by atoms with Crippen LogP contribution in [0, 0.1) is 29.6 Å². The van der Waals surface area contributed by atoms with Crippen molar-refractivity contribution in [1.29, 1.82) is 0 Å². The Kier molecular flexibility index (Phi) is 12.1. The van der Waals surface area contributed by atoms with E-state index in [1.165, 1.54) is 0 Å². The lowest BCUT2D eigenvalue weighted by molar-refractivity contribution is -0.295. The van der Waals surface area contributed by atoms with E-state index in [1.54, 1.807) is 24.9 Å². The molecule has 12 atom stereocenters. The van der Waals surface area contributed by atoms with E-state index in [-0.39, 0.29) is 30.6 Å². The second-order valence-electron chi connectivity index (χ2n) is 16.6.